The van der Waals surface area contributed by atoms with E-state index < -0.39 is 0 Å². The Bertz CT molecular complexity index is 436. The van der Waals surface area contributed by atoms with Crippen LogP contribution in [0, 0.1) is 5.82 Å². The zero-order valence-corrected chi connectivity index (χ0v) is 12.6. The second kappa shape index (κ2) is 8.25. The van der Waals surface area contributed by atoms with Crippen LogP contribution in [0.5, 0.6) is 5.75 Å². The summed E-state index contributed by atoms with van der Waals surface area (Å²) >= 11 is 0. The SMILES string of the molecule is C=CC[C@@H](c1cccc(F)c1OC)N1CCNCC1.Cl. The van der Waals surface area contributed by atoms with Gasteiger partial charge in [0.2, 0.25) is 0 Å². The lowest BCUT2D eigenvalue weighted by atomic mass is 9.99. The van der Waals surface area contributed by atoms with E-state index in [1.807, 2.05) is 12.1 Å². The highest BCUT2D eigenvalue weighted by atomic mass is 35.5. The van der Waals surface area contributed by atoms with E-state index in [-0.39, 0.29) is 24.3 Å². The first-order chi connectivity index (χ1) is 9.27. The van der Waals surface area contributed by atoms with Crippen LogP contribution in [0.4, 0.5) is 4.39 Å². The van der Waals surface area contributed by atoms with Crippen molar-refractivity contribution in [3.05, 3.63) is 42.2 Å². The van der Waals surface area contributed by atoms with Gasteiger partial charge in [-0.05, 0) is 12.5 Å². The lowest BCUT2D eigenvalue weighted by molar-refractivity contribution is 0.171. The predicted molar refractivity (Wildman–Crippen MR) is 82.2 cm³/mol. The molecule has 1 aliphatic rings. The molecule has 0 bridgehead atoms. The van der Waals surface area contributed by atoms with Crippen molar-refractivity contribution in [2.24, 2.45) is 0 Å². The summed E-state index contributed by atoms with van der Waals surface area (Å²) in [5, 5.41) is 3.33. The Morgan fingerprint density at radius 2 is 2.15 bits per heavy atom. The van der Waals surface area contributed by atoms with E-state index in [2.05, 4.69) is 16.8 Å². The molecular weight excluding hydrogens is 279 g/mol. The van der Waals surface area contributed by atoms with Gasteiger partial charge in [0.05, 0.1) is 7.11 Å². The number of rotatable bonds is 5. The molecule has 0 aromatic heterocycles. The Kier molecular flexibility index (Phi) is 6.99. The van der Waals surface area contributed by atoms with Gasteiger partial charge in [-0.2, -0.15) is 0 Å². The average Bonchev–Trinajstić information content (AvgIpc) is 2.45. The van der Waals surface area contributed by atoms with Crippen molar-refractivity contribution in [1.29, 1.82) is 0 Å². The van der Waals surface area contributed by atoms with Gasteiger partial charge in [-0.3, -0.25) is 4.90 Å². The lowest BCUT2D eigenvalue weighted by Gasteiger charge is -2.35. The predicted octanol–water partition coefficient (Wildman–Crippen LogP) is 2.78. The highest BCUT2D eigenvalue weighted by Gasteiger charge is 2.24. The summed E-state index contributed by atoms with van der Waals surface area (Å²) in [4.78, 5) is 2.36. The first kappa shape index (κ1) is 17.0. The minimum absolute atomic E-state index is 0. The van der Waals surface area contributed by atoms with Gasteiger partial charge in [-0.15, -0.1) is 19.0 Å². The molecule has 1 fully saturated rings. The van der Waals surface area contributed by atoms with Crippen LogP contribution >= 0.6 is 12.4 Å². The maximum atomic E-state index is 13.8. The minimum Gasteiger partial charge on any atom is -0.493 e. The maximum Gasteiger partial charge on any atom is 0.165 e. The summed E-state index contributed by atoms with van der Waals surface area (Å²) in [5.74, 6) is 0.0529. The van der Waals surface area contributed by atoms with Crippen molar-refractivity contribution in [2.45, 2.75) is 12.5 Å². The maximum absolute atomic E-state index is 13.8. The second-order valence-electron chi connectivity index (χ2n) is 4.69. The molecule has 0 saturated carbocycles. The summed E-state index contributed by atoms with van der Waals surface area (Å²) in [6, 6.07) is 5.25. The first-order valence-corrected chi connectivity index (χ1v) is 6.66. The van der Waals surface area contributed by atoms with Gasteiger partial charge in [-0.25, -0.2) is 4.39 Å². The molecule has 1 atom stereocenters. The molecule has 1 N–H and O–H groups in total. The van der Waals surface area contributed by atoms with E-state index in [1.165, 1.54) is 13.2 Å². The number of benzene rings is 1. The van der Waals surface area contributed by atoms with Gasteiger partial charge in [0.15, 0.2) is 11.6 Å². The summed E-state index contributed by atoms with van der Waals surface area (Å²) in [5.41, 5.74) is 0.907. The Balaban J connectivity index is 0.00000200. The van der Waals surface area contributed by atoms with Gasteiger partial charge >= 0.3 is 0 Å². The first-order valence-electron chi connectivity index (χ1n) is 6.66. The molecule has 1 aromatic carbocycles. The molecule has 0 spiro atoms. The van der Waals surface area contributed by atoms with E-state index >= 15 is 0 Å². The van der Waals surface area contributed by atoms with E-state index in [9.17, 15) is 4.39 Å². The van der Waals surface area contributed by atoms with Gasteiger partial charge in [0.1, 0.15) is 0 Å². The standard InChI is InChI=1S/C15H21FN2O.ClH/c1-3-5-14(18-10-8-17-9-11-18)12-6-4-7-13(16)15(12)19-2;/h3-4,6-7,14,17H,1,5,8-11H2,2H3;1H/t14-;/m0./s1. The average molecular weight is 301 g/mol. The number of piperazine rings is 1. The monoisotopic (exact) mass is 300 g/mol. The van der Waals surface area contributed by atoms with Crippen molar-refractivity contribution in [2.75, 3.05) is 33.3 Å². The largest absolute Gasteiger partial charge is 0.493 e. The van der Waals surface area contributed by atoms with Crippen molar-refractivity contribution in [1.82, 2.24) is 10.2 Å². The zero-order valence-electron chi connectivity index (χ0n) is 11.8. The lowest BCUT2D eigenvalue weighted by Crippen LogP contribution is -2.45. The summed E-state index contributed by atoms with van der Waals surface area (Å²) in [6.45, 7) is 7.66. The van der Waals surface area contributed by atoms with Crippen LogP contribution in [0.25, 0.3) is 0 Å². The number of hydrogen-bond donors (Lipinski definition) is 1. The van der Waals surface area contributed by atoms with Crippen LogP contribution in [0.3, 0.4) is 0 Å². The van der Waals surface area contributed by atoms with E-state index in [0.717, 1.165) is 38.2 Å². The normalized spacial score (nSPS) is 17.1. The Morgan fingerprint density at radius 3 is 2.75 bits per heavy atom. The van der Waals surface area contributed by atoms with Crippen LogP contribution in [-0.2, 0) is 0 Å². The number of nitrogens with one attached hydrogen (secondary N) is 1. The third-order valence-corrected chi connectivity index (χ3v) is 3.54. The van der Waals surface area contributed by atoms with Crippen LogP contribution in [0.15, 0.2) is 30.9 Å². The van der Waals surface area contributed by atoms with Crippen molar-refractivity contribution in [3.63, 3.8) is 0 Å². The molecule has 5 heteroatoms. The van der Waals surface area contributed by atoms with Gasteiger partial charge in [-0.1, -0.05) is 18.2 Å². The number of nitrogens with zero attached hydrogens (tertiary/aromatic N) is 1. The summed E-state index contributed by atoms with van der Waals surface area (Å²) < 4.78 is 19.1. The smallest absolute Gasteiger partial charge is 0.165 e. The molecule has 1 heterocycles. The fraction of sp³-hybridized carbons (Fsp3) is 0.467. The molecule has 2 rings (SSSR count). The van der Waals surface area contributed by atoms with Crippen molar-refractivity contribution >= 4 is 12.4 Å². The molecule has 3 nitrogen and oxygen atoms in total. The van der Waals surface area contributed by atoms with Crippen molar-refractivity contribution < 1.29 is 9.13 Å². The number of halogens is 2. The van der Waals surface area contributed by atoms with Crippen molar-refractivity contribution in [3.8, 4) is 5.75 Å². The highest BCUT2D eigenvalue weighted by molar-refractivity contribution is 5.85. The van der Waals surface area contributed by atoms with Crippen LogP contribution in [0.1, 0.15) is 18.0 Å². The summed E-state index contributed by atoms with van der Waals surface area (Å²) in [6.07, 6.45) is 2.68. The molecule has 0 radical (unpaired) electrons. The topological polar surface area (TPSA) is 24.5 Å². The molecular formula is C15H22ClFN2O. The number of methoxy groups -OCH3 is 1. The van der Waals surface area contributed by atoms with Crippen LogP contribution in [0.2, 0.25) is 0 Å². The third kappa shape index (κ3) is 3.72. The molecule has 0 aliphatic carbocycles. The molecule has 112 valence electrons. The molecule has 20 heavy (non-hydrogen) atoms. The summed E-state index contributed by atoms with van der Waals surface area (Å²) in [7, 11) is 1.52. The molecule has 1 saturated heterocycles. The number of hydrogen-bond acceptors (Lipinski definition) is 3. The Hall–Kier alpha value is -1.10. The van der Waals surface area contributed by atoms with Gasteiger partial charge < -0.3 is 10.1 Å². The number of ether oxygens (including phenoxy) is 1. The fourth-order valence-electron chi connectivity index (χ4n) is 2.63. The molecule has 1 aliphatic heterocycles. The fourth-order valence-corrected chi connectivity index (χ4v) is 2.63. The third-order valence-electron chi connectivity index (χ3n) is 3.54. The second-order valence-corrected chi connectivity index (χ2v) is 4.69. The zero-order chi connectivity index (χ0) is 13.7. The quantitative estimate of drug-likeness (QED) is 0.846. The Labute approximate surface area is 126 Å². The van der Waals surface area contributed by atoms with Gasteiger partial charge in [0, 0.05) is 37.8 Å². The van der Waals surface area contributed by atoms with E-state index in [1.54, 1.807) is 6.07 Å². The van der Waals surface area contributed by atoms with Crippen LogP contribution in [-0.4, -0.2) is 38.2 Å². The Morgan fingerprint density at radius 1 is 1.45 bits per heavy atom. The van der Waals surface area contributed by atoms with Gasteiger partial charge in [0.25, 0.3) is 0 Å². The highest BCUT2D eigenvalue weighted by Crippen LogP contribution is 2.34. The number of para-hydroxylation sites is 1. The van der Waals surface area contributed by atoms with E-state index in [4.69, 9.17) is 4.74 Å². The van der Waals surface area contributed by atoms with E-state index in [0.29, 0.717) is 5.75 Å². The molecule has 1 aromatic rings. The molecule has 0 unspecified atom stereocenters. The minimum atomic E-state index is -0.302. The molecule has 0 amide bonds. The van der Waals surface area contributed by atoms with Crippen LogP contribution < -0.4 is 10.1 Å².